The largest absolute Gasteiger partial charge is 0.324 e. The van der Waals surface area contributed by atoms with E-state index in [9.17, 15) is 10.1 Å². The molecule has 0 aliphatic carbocycles. The van der Waals surface area contributed by atoms with Crippen LogP contribution in [0, 0.1) is 18.3 Å². The Bertz CT molecular complexity index is 805. The van der Waals surface area contributed by atoms with Gasteiger partial charge in [-0.3, -0.25) is 0 Å². The Hall–Kier alpha value is -2.32. The predicted octanol–water partition coefficient (Wildman–Crippen LogP) is 4.85. The molecule has 0 bridgehead atoms. The van der Waals surface area contributed by atoms with Gasteiger partial charge in [-0.05, 0) is 49.1 Å². The van der Waals surface area contributed by atoms with Crippen molar-refractivity contribution in [2.75, 3.05) is 18.4 Å². The molecule has 1 aliphatic rings. The van der Waals surface area contributed by atoms with Crippen molar-refractivity contribution in [2.24, 2.45) is 0 Å². The molecule has 2 amide bonds. The molecule has 0 spiro atoms. The number of carbonyl (C=O) groups is 1. The fourth-order valence-corrected chi connectivity index (χ4v) is 3.75. The third-order valence-corrected chi connectivity index (χ3v) is 5.37. The Balaban J connectivity index is 1.67. The van der Waals surface area contributed by atoms with Crippen LogP contribution < -0.4 is 5.32 Å². The molecule has 1 heterocycles. The lowest BCUT2D eigenvalue weighted by Gasteiger charge is -2.37. The Kier molecular flexibility index (Phi) is 5.10. The fraction of sp³-hybridized carbons (Fsp3) is 0.300. The van der Waals surface area contributed by atoms with Crippen LogP contribution >= 0.6 is 15.9 Å². The van der Waals surface area contributed by atoms with E-state index in [1.165, 1.54) is 0 Å². The lowest BCUT2D eigenvalue weighted by molar-refractivity contribution is 0.183. The quantitative estimate of drug-likeness (QED) is 0.787. The zero-order valence-electron chi connectivity index (χ0n) is 14.1. The molecule has 128 valence electrons. The second-order valence-electron chi connectivity index (χ2n) is 6.44. The molecule has 25 heavy (non-hydrogen) atoms. The minimum atomic E-state index is -0.494. The van der Waals surface area contributed by atoms with Crippen molar-refractivity contribution < 1.29 is 4.79 Å². The molecule has 2 aromatic rings. The number of nitrogens with one attached hydrogen (secondary N) is 1. The van der Waals surface area contributed by atoms with Gasteiger partial charge in [0.1, 0.15) is 0 Å². The first-order valence-corrected chi connectivity index (χ1v) is 9.12. The summed E-state index contributed by atoms with van der Waals surface area (Å²) < 4.78 is 0.989. The summed E-state index contributed by atoms with van der Waals surface area (Å²) in [7, 11) is 0. The average molecular weight is 398 g/mol. The number of hydrogen-bond acceptors (Lipinski definition) is 2. The first-order valence-electron chi connectivity index (χ1n) is 8.33. The van der Waals surface area contributed by atoms with Gasteiger partial charge in [0, 0.05) is 23.2 Å². The maximum Gasteiger partial charge on any atom is 0.321 e. The van der Waals surface area contributed by atoms with Crippen LogP contribution in [-0.4, -0.2) is 24.0 Å². The van der Waals surface area contributed by atoms with E-state index < -0.39 is 5.41 Å². The van der Waals surface area contributed by atoms with E-state index in [1.54, 1.807) is 4.90 Å². The number of nitriles is 1. The minimum Gasteiger partial charge on any atom is -0.324 e. The highest BCUT2D eigenvalue weighted by Gasteiger charge is 2.37. The summed E-state index contributed by atoms with van der Waals surface area (Å²) in [5.74, 6) is 0. The third kappa shape index (κ3) is 3.69. The normalized spacial score (nSPS) is 16.1. The molecule has 4 nitrogen and oxygen atoms in total. The second kappa shape index (κ2) is 7.28. The van der Waals surface area contributed by atoms with Crippen LogP contribution in [0.2, 0.25) is 0 Å². The maximum atomic E-state index is 12.6. The van der Waals surface area contributed by atoms with E-state index in [-0.39, 0.29) is 6.03 Å². The van der Waals surface area contributed by atoms with Gasteiger partial charge in [0.15, 0.2) is 0 Å². The molecule has 0 radical (unpaired) electrons. The Morgan fingerprint density at radius 3 is 2.48 bits per heavy atom. The van der Waals surface area contributed by atoms with Gasteiger partial charge >= 0.3 is 6.03 Å². The first kappa shape index (κ1) is 17.5. The smallest absolute Gasteiger partial charge is 0.321 e. The molecule has 0 aromatic heterocycles. The van der Waals surface area contributed by atoms with Crippen LogP contribution in [0.25, 0.3) is 0 Å². The van der Waals surface area contributed by atoms with Gasteiger partial charge in [-0.2, -0.15) is 5.26 Å². The van der Waals surface area contributed by atoms with Gasteiger partial charge in [-0.25, -0.2) is 4.79 Å². The number of carbonyl (C=O) groups excluding carboxylic acids is 1. The first-order chi connectivity index (χ1) is 12.0. The van der Waals surface area contributed by atoms with Gasteiger partial charge < -0.3 is 10.2 Å². The number of piperidine rings is 1. The average Bonchev–Trinajstić information content (AvgIpc) is 2.65. The number of likely N-dealkylation sites (tertiary alicyclic amines) is 1. The highest BCUT2D eigenvalue weighted by molar-refractivity contribution is 9.10. The van der Waals surface area contributed by atoms with Crippen molar-refractivity contribution in [1.29, 1.82) is 5.26 Å². The summed E-state index contributed by atoms with van der Waals surface area (Å²) in [6, 6.07) is 18.1. The molecule has 2 aromatic carbocycles. The predicted molar refractivity (Wildman–Crippen MR) is 102 cm³/mol. The monoisotopic (exact) mass is 397 g/mol. The van der Waals surface area contributed by atoms with E-state index in [0.717, 1.165) is 21.3 Å². The maximum absolute atomic E-state index is 12.6. The van der Waals surface area contributed by atoms with Crippen LogP contribution in [0.4, 0.5) is 10.5 Å². The summed E-state index contributed by atoms with van der Waals surface area (Å²) in [4.78, 5) is 14.4. The van der Waals surface area contributed by atoms with Crippen LogP contribution in [0.1, 0.15) is 24.0 Å². The van der Waals surface area contributed by atoms with Crippen LogP contribution in [0.5, 0.6) is 0 Å². The number of benzene rings is 2. The van der Waals surface area contributed by atoms with E-state index in [0.29, 0.717) is 25.9 Å². The molecule has 0 atom stereocenters. The summed E-state index contributed by atoms with van der Waals surface area (Å²) in [6.45, 7) is 3.11. The zero-order valence-corrected chi connectivity index (χ0v) is 15.7. The van der Waals surface area contributed by atoms with Gasteiger partial charge in [0.2, 0.25) is 0 Å². The number of aryl methyl sites for hydroxylation is 1. The Morgan fingerprint density at radius 2 is 1.88 bits per heavy atom. The molecular weight excluding hydrogens is 378 g/mol. The topological polar surface area (TPSA) is 56.1 Å². The number of rotatable bonds is 2. The van der Waals surface area contributed by atoms with Crippen LogP contribution in [0.15, 0.2) is 53.0 Å². The number of amides is 2. The van der Waals surface area contributed by atoms with Gasteiger partial charge in [-0.15, -0.1) is 0 Å². The Morgan fingerprint density at radius 1 is 1.20 bits per heavy atom. The van der Waals surface area contributed by atoms with Gasteiger partial charge in [-0.1, -0.05) is 46.3 Å². The van der Waals surface area contributed by atoms with Gasteiger partial charge in [0.05, 0.1) is 11.5 Å². The van der Waals surface area contributed by atoms with Crippen molar-refractivity contribution in [3.63, 3.8) is 0 Å². The molecule has 3 rings (SSSR count). The summed E-state index contributed by atoms with van der Waals surface area (Å²) in [5, 5.41) is 12.7. The number of halogens is 1. The zero-order chi connectivity index (χ0) is 17.9. The minimum absolute atomic E-state index is 0.106. The summed E-state index contributed by atoms with van der Waals surface area (Å²) in [6.07, 6.45) is 1.31. The Labute approximate surface area is 156 Å². The molecule has 1 saturated heterocycles. The second-order valence-corrected chi connectivity index (χ2v) is 7.35. The number of anilines is 1. The lowest BCUT2D eigenvalue weighted by Crippen LogP contribution is -2.46. The molecule has 1 fully saturated rings. The van der Waals surface area contributed by atoms with Gasteiger partial charge in [0.25, 0.3) is 0 Å². The molecular formula is C20H20BrN3O. The summed E-state index contributed by atoms with van der Waals surface area (Å²) in [5.41, 5.74) is 2.37. The standard InChI is InChI=1S/C20H20BrN3O/c1-15-13-17(21)7-8-18(15)23-19(25)24-11-9-20(14-22,10-12-24)16-5-3-2-4-6-16/h2-8,13H,9-12H2,1H3,(H,23,25). The molecule has 1 aliphatic heterocycles. The van der Waals surface area contributed by atoms with Crippen LogP contribution in [-0.2, 0) is 5.41 Å². The number of urea groups is 1. The highest BCUT2D eigenvalue weighted by atomic mass is 79.9. The lowest BCUT2D eigenvalue weighted by atomic mass is 9.74. The molecule has 0 saturated carbocycles. The van der Waals surface area contributed by atoms with E-state index in [1.807, 2.05) is 55.5 Å². The SMILES string of the molecule is Cc1cc(Br)ccc1NC(=O)N1CCC(C#N)(c2ccccc2)CC1. The highest BCUT2D eigenvalue weighted by Crippen LogP contribution is 2.35. The van der Waals surface area contributed by atoms with E-state index in [4.69, 9.17) is 0 Å². The molecule has 0 unspecified atom stereocenters. The van der Waals surface area contributed by atoms with E-state index in [2.05, 4.69) is 27.3 Å². The van der Waals surface area contributed by atoms with Crippen molar-refractivity contribution in [2.45, 2.75) is 25.2 Å². The number of nitrogens with zero attached hydrogens (tertiary/aromatic N) is 2. The van der Waals surface area contributed by atoms with Crippen molar-refractivity contribution in [3.05, 3.63) is 64.1 Å². The third-order valence-electron chi connectivity index (χ3n) is 4.87. The van der Waals surface area contributed by atoms with Crippen molar-refractivity contribution >= 4 is 27.6 Å². The summed E-state index contributed by atoms with van der Waals surface area (Å²) >= 11 is 3.43. The van der Waals surface area contributed by atoms with Crippen LogP contribution in [0.3, 0.4) is 0 Å². The molecule has 5 heteroatoms. The van der Waals surface area contributed by atoms with Crippen molar-refractivity contribution in [1.82, 2.24) is 4.90 Å². The number of hydrogen-bond donors (Lipinski definition) is 1. The fourth-order valence-electron chi connectivity index (χ4n) is 3.28. The van der Waals surface area contributed by atoms with Crippen molar-refractivity contribution in [3.8, 4) is 6.07 Å². The molecule has 1 N–H and O–H groups in total. The van der Waals surface area contributed by atoms with E-state index >= 15 is 0 Å².